The summed E-state index contributed by atoms with van der Waals surface area (Å²) in [5.74, 6) is 2.98. The molecule has 0 amide bonds. The largest absolute Gasteiger partial charge is 0.491 e. The van der Waals surface area contributed by atoms with E-state index >= 15 is 0 Å². The molecule has 14 heavy (non-hydrogen) atoms. The van der Waals surface area contributed by atoms with Gasteiger partial charge in [0.25, 0.3) is 0 Å². The molecular formula is C11H10N2O. The van der Waals surface area contributed by atoms with Crippen molar-refractivity contribution in [2.75, 3.05) is 12.3 Å². The third kappa shape index (κ3) is 2.43. The number of nitrogens with zero attached hydrogens (tertiary/aromatic N) is 1. The summed E-state index contributed by atoms with van der Waals surface area (Å²) in [5.41, 5.74) is 6.50. The van der Waals surface area contributed by atoms with Gasteiger partial charge in [-0.2, -0.15) is 5.26 Å². The number of nitrogens with two attached hydrogens (primary N) is 1. The quantitative estimate of drug-likeness (QED) is 0.442. The molecule has 0 saturated heterocycles. The fraction of sp³-hybridized carbons (Fsp3) is 0.182. The lowest BCUT2D eigenvalue weighted by molar-refractivity contribution is 0.326. The summed E-state index contributed by atoms with van der Waals surface area (Å²) in [4.78, 5) is 0. The SMILES string of the molecule is C#CCCOc1ccc(N)cc1C#N. The first-order valence-corrected chi connectivity index (χ1v) is 4.14. The number of hydrogen-bond donors (Lipinski definition) is 1. The third-order valence-electron chi connectivity index (χ3n) is 1.63. The molecule has 0 aliphatic heterocycles. The fourth-order valence-electron chi connectivity index (χ4n) is 0.981. The molecule has 0 unspecified atom stereocenters. The Kier molecular flexibility index (Phi) is 3.41. The van der Waals surface area contributed by atoms with Gasteiger partial charge in [0.05, 0.1) is 12.2 Å². The highest BCUT2D eigenvalue weighted by Gasteiger charge is 2.02. The molecule has 1 rings (SSSR count). The smallest absolute Gasteiger partial charge is 0.137 e. The molecule has 3 nitrogen and oxygen atoms in total. The Bertz CT molecular complexity index is 399. The molecule has 3 heteroatoms. The summed E-state index contributed by atoms with van der Waals surface area (Å²) >= 11 is 0. The summed E-state index contributed by atoms with van der Waals surface area (Å²) < 4.78 is 5.30. The van der Waals surface area contributed by atoms with E-state index in [1.165, 1.54) is 0 Å². The van der Waals surface area contributed by atoms with Crippen molar-refractivity contribution < 1.29 is 4.74 Å². The van der Waals surface area contributed by atoms with Crippen LogP contribution in [-0.4, -0.2) is 6.61 Å². The number of hydrogen-bond acceptors (Lipinski definition) is 3. The van der Waals surface area contributed by atoms with Gasteiger partial charge in [0.2, 0.25) is 0 Å². The first-order valence-electron chi connectivity index (χ1n) is 4.14. The maximum absolute atomic E-state index is 8.77. The van der Waals surface area contributed by atoms with Crippen LogP contribution in [0.5, 0.6) is 5.75 Å². The minimum Gasteiger partial charge on any atom is -0.491 e. The predicted octanol–water partition coefficient (Wildman–Crippen LogP) is 1.54. The number of ether oxygens (including phenoxy) is 1. The van der Waals surface area contributed by atoms with Crippen molar-refractivity contribution in [3.63, 3.8) is 0 Å². The molecule has 2 N–H and O–H groups in total. The van der Waals surface area contributed by atoms with Gasteiger partial charge in [0, 0.05) is 12.1 Å². The minimum absolute atomic E-state index is 0.412. The lowest BCUT2D eigenvalue weighted by Gasteiger charge is -2.06. The Morgan fingerprint density at radius 1 is 1.50 bits per heavy atom. The molecule has 0 spiro atoms. The van der Waals surface area contributed by atoms with Gasteiger partial charge >= 0.3 is 0 Å². The molecule has 0 radical (unpaired) electrons. The number of terminal acetylenes is 1. The number of benzene rings is 1. The summed E-state index contributed by atoms with van der Waals surface area (Å²) in [6, 6.07) is 6.94. The van der Waals surface area contributed by atoms with Gasteiger partial charge in [-0.05, 0) is 18.2 Å². The lowest BCUT2D eigenvalue weighted by atomic mass is 10.2. The van der Waals surface area contributed by atoms with Crippen LogP contribution in [-0.2, 0) is 0 Å². The normalized spacial score (nSPS) is 8.71. The molecule has 0 aromatic heterocycles. The van der Waals surface area contributed by atoms with Crippen molar-refractivity contribution in [2.24, 2.45) is 0 Å². The molecule has 0 atom stereocenters. The van der Waals surface area contributed by atoms with Crippen molar-refractivity contribution in [3.05, 3.63) is 23.8 Å². The van der Waals surface area contributed by atoms with E-state index in [-0.39, 0.29) is 0 Å². The molecule has 0 aliphatic carbocycles. The van der Waals surface area contributed by atoms with Crippen molar-refractivity contribution in [2.45, 2.75) is 6.42 Å². The van der Waals surface area contributed by atoms with Crippen LogP contribution in [0.25, 0.3) is 0 Å². The van der Waals surface area contributed by atoms with Crippen molar-refractivity contribution >= 4 is 5.69 Å². The third-order valence-corrected chi connectivity index (χ3v) is 1.63. The Hall–Kier alpha value is -2.13. The Morgan fingerprint density at radius 3 is 2.93 bits per heavy atom. The van der Waals surface area contributed by atoms with Crippen LogP contribution < -0.4 is 10.5 Å². The molecule has 0 heterocycles. The van der Waals surface area contributed by atoms with Gasteiger partial charge in [-0.1, -0.05) is 0 Å². The Balaban J connectivity index is 2.78. The number of anilines is 1. The molecule has 0 saturated carbocycles. The van der Waals surface area contributed by atoms with E-state index in [0.717, 1.165) is 0 Å². The summed E-state index contributed by atoms with van der Waals surface area (Å²) in [6.45, 7) is 0.412. The van der Waals surface area contributed by atoms with Gasteiger partial charge in [0.1, 0.15) is 11.8 Å². The second-order valence-electron chi connectivity index (χ2n) is 2.67. The molecule has 0 fully saturated rings. The Morgan fingerprint density at radius 2 is 2.29 bits per heavy atom. The average Bonchev–Trinajstić information content (AvgIpc) is 2.20. The van der Waals surface area contributed by atoms with Gasteiger partial charge < -0.3 is 10.5 Å². The zero-order valence-corrected chi connectivity index (χ0v) is 7.66. The molecule has 70 valence electrons. The van der Waals surface area contributed by atoms with E-state index in [0.29, 0.717) is 30.0 Å². The highest BCUT2D eigenvalue weighted by Crippen LogP contribution is 2.20. The van der Waals surface area contributed by atoms with Crippen LogP contribution in [0, 0.1) is 23.7 Å². The topological polar surface area (TPSA) is 59.0 Å². The average molecular weight is 186 g/mol. The van der Waals surface area contributed by atoms with Crippen LogP contribution in [0.3, 0.4) is 0 Å². The molecule has 1 aromatic rings. The summed E-state index contributed by atoms with van der Waals surface area (Å²) in [6.07, 6.45) is 5.60. The zero-order valence-electron chi connectivity index (χ0n) is 7.66. The van der Waals surface area contributed by atoms with Gasteiger partial charge in [0.15, 0.2) is 0 Å². The molecule has 1 aromatic carbocycles. The van der Waals surface area contributed by atoms with Crippen LogP contribution >= 0.6 is 0 Å². The van der Waals surface area contributed by atoms with E-state index < -0.39 is 0 Å². The molecule has 0 bridgehead atoms. The number of nitriles is 1. The van der Waals surface area contributed by atoms with Crippen LogP contribution in [0.2, 0.25) is 0 Å². The van der Waals surface area contributed by atoms with Crippen molar-refractivity contribution in [1.29, 1.82) is 5.26 Å². The maximum Gasteiger partial charge on any atom is 0.137 e. The summed E-state index contributed by atoms with van der Waals surface area (Å²) in [5, 5.41) is 8.77. The van der Waals surface area contributed by atoms with Crippen molar-refractivity contribution in [1.82, 2.24) is 0 Å². The van der Waals surface area contributed by atoms with Gasteiger partial charge in [-0.15, -0.1) is 12.3 Å². The Labute approximate surface area is 83.1 Å². The zero-order chi connectivity index (χ0) is 10.4. The highest BCUT2D eigenvalue weighted by molar-refractivity contribution is 5.53. The standard InChI is InChI=1S/C11H10N2O/c1-2-3-6-14-11-5-4-10(13)7-9(11)8-12/h1,4-5,7H,3,6,13H2. The monoisotopic (exact) mass is 186 g/mol. The van der Waals surface area contributed by atoms with Crippen molar-refractivity contribution in [3.8, 4) is 24.2 Å². The molecular weight excluding hydrogens is 176 g/mol. The van der Waals surface area contributed by atoms with E-state index in [2.05, 4.69) is 5.92 Å². The first-order chi connectivity index (χ1) is 6.77. The number of nitrogen functional groups attached to an aromatic ring is 1. The van der Waals surface area contributed by atoms with E-state index in [4.69, 9.17) is 22.2 Å². The van der Waals surface area contributed by atoms with Crippen LogP contribution in [0.4, 0.5) is 5.69 Å². The minimum atomic E-state index is 0.412. The van der Waals surface area contributed by atoms with Gasteiger partial charge in [-0.25, -0.2) is 0 Å². The second-order valence-corrected chi connectivity index (χ2v) is 2.67. The van der Waals surface area contributed by atoms with E-state index in [9.17, 15) is 0 Å². The maximum atomic E-state index is 8.77. The fourth-order valence-corrected chi connectivity index (χ4v) is 0.981. The number of rotatable bonds is 3. The van der Waals surface area contributed by atoms with Crippen LogP contribution in [0.1, 0.15) is 12.0 Å². The second kappa shape index (κ2) is 4.79. The summed E-state index contributed by atoms with van der Waals surface area (Å²) in [7, 11) is 0. The molecule has 0 aliphatic rings. The lowest BCUT2D eigenvalue weighted by Crippen LogP contribution is -1.98. The van der Waals surface area contributed by atoms with Gasteiger partial charge in [-0.3, -0.25) is 0 Å². The highest BCUT2D eigenvalue weighted by atomic mass is 16.5. The van der Waals surface area contributed by atoms with Crippen LogP contribution in [0.15, 0.2) is 18.2 Å². The first kappa shape index (κ1) is 9.95. The predicted molar refractivity (Wildman–Crippen MR) is 54.5 cm³/mol. The van der Waals surface area contributed by atoms with E-state index in [1.54, 1.807) is 18.2 Å². The van der Waals surface area contributed by atoms with E-state index in [1.807, 2.05) is 6.07 Å².